The van der Waals surface area contributed by atoms with Crippen molar-refractivity contribution in [3.63, 3.8) is 0 Å². The van der Waals surface area contributed by atoms with Gasteiger partial charge in [-0.25, -0.2) is 22.3 Å². The SMILES string of the molecule is CCS(=O)(=O)c1cc(N=S(C)(C)=O)cnc1-n1cc2cnc(C(F)(F)F)cc2n1. The minimum absolute atomic E-state index is 0.0205. The molecule has 29 heavy (non-hydrogen) atoms. The summed E-state index contributed by atoms with van der Waals surface area (Å²) in [4.78, 5) is 7.22. The van der Waals surface area contributed by atoms with Gasteiger partial charge in [0.05, 0.1) is 23.2 Å². The fourth-order valence-corrected chi connectivity index (χ4v) is 4.11. The third kappa shape index (κ3) is 4.56. The van der Waals surface area contributed by atoms with Crippen LogP contribution in [-0.2, 0) is 25.7 Å². The molecule has 0 fully saturated rings. The van der Waals surface area contributed by atoms with Gasteiger partial charge in [0, 0.05) is 40.0 Å². The van der Waals surface area contributed by atoms with Gasteiger partial charge in [-0.15, -0.1) is 0 Å². The summed E-state index contributed by atoms with van der Waals surface area (Å²) in [6.45, 7) is 1.44. The Bertz CT molecular complexity index is 1320. The molecule has 13 heteroatoms. The van der Waals surface area contributed by atoms with E-state index in [1.165, 1.54) is 37.9 Å². The third-order valence-electron chi connectivity index (χ3n) is 3.76. The lowest BCUT2D eigenvalue weighted by molar-refractivity contribution is -0.141. The molecule has 0 radical (unpaired) electrons. The van der Waals surface area contributed by atoms with Crippen molar-refractivity contribution in [3.8, 4) is 5.82 Å². The predicted molar refractivity (Wildman–Crippen MR) is 101 cm³/mol. The highest BCUT2D eigenvalue weighted by atomic mass is 32.2. The average molecular weight is 447 g/mol. The summed E-state index contributed by atoms with van der Waals surface area (Å²) in [6, 6.07) is 1.99. The Morgan fingerprint density at radius 2 is 1.79 bits per heavy atom. The van der Waals surface area contributed by atoms with E-state index < -0.39 is 31.4 Å². The molecule has 0 atom stereocenters. The first-order chi connectivity index (χ1) is 13.3. The van der Waals surface area contributed by atoms with Gasteiger partial charge in [0.2, 0.25) is 0 Å². The number of sulfone groups is 1. The first-order valence-corrected chi connectivity index (χ1v) is 12.1. The molecule has 3 rings (SSSR count). The molecule has 0 aliphatic rings. The van der Waals surface area contributed by atoms with Crippen LogP contribution in [0.3, 0.4) is 0 Å². The van der Waals surface area contributed by atoms with Gasteiger partial charge in [-0.3, -0.25) is 4.98 Å². The van der Waals surface area contributed by atoms with Crippen LogP contribution in [0.2, 0.25) is 0 Å². The molecule has 0 spiro atoms. The van der Waals surface area contributed by atoms with Crippen molar-refractivity contribution in [1.29, 1.82) is 0 Å². The van der Waals surface area contributed by atoms with Crippen molar-refractivity contribution in [3.05, 3.63) is 36.4 Å². The number of halogens is 3. The van der Waals surface area contributed by atoms with Gasteiger partial charge < -0.3 is 0 Å². The minimum atomic E-state index is -4.64. The van der Waals surface area contributed by atoms with Crippen molar-refractivity contribution in [2.24, 2.45) is 4.36 Å². The monoisotopic (exact) mass is 447 g/mol. The first-order valence-electron chi connectivity index (χ1n) is 8.13. The lowest BCUT2D eigenvalue weighted by Gasteiger charge is -2.09. The van der Waals surface area contributed by atoms with Crippen LogP contribution in [-0.4, -0.2) is 50.6 Å². The van der Waals surface area contributed by atoms with Crippen molar-refractivity contribution >= 4 is 36.2 Å². The molecule has 0 bridgehead atoms. The van der Waals surface area contributed by atoms with Crippen LogP contribution >= 0.6 is 0 Å². The van der Waals surface area contributed by atoms with Crippen molar-refractivity contribution in [1.82, 2.24) is 19.7 Å². The molecule has 0 N–H and O–H groups in total. The van der Waals surface area contributed by atoms with Crippen molar-refractivity contribution < 1.29 is 25.8 Å². The number of rotatable bonds is 4. The second-order valence-electron chi connectivity index (χ2n) is 6.39. The van der Waals surface area contributed by atoms with Crippen LogP contribution in [0.5, 0.6) is 0 Å². The van der Waals surface area contributed by atoms with Gasteiger partial charge in [0.1, 0.15) is 10.6 Å². The maximum atomic E-state index is 12.9. The molecule has 0 aliphatic heterocycles. The Labute approximate surface area is 164 Å². The number of nitrogens with zero attached hydrogens (tertiary/aromatic N) is 5. The van der Waals surface area contributed by atoms with Gasteiger partial charge in [-0.2, -0.15) is 22.6 Å². The van der Waals surface area contributed by atoms with E-state index in [0.717, 1.165) is 16.9 Å². The van der Waals surface area contributed by atoms with E-state index in [1.54, 1.807) is 0 Å². The molecule has 0 saturated carbocycles. The Morgan fingerprint density at radius 3 is 2.38 bits per heavy atom. The smallest absolute Gasteiger partial charge is 0.251 e. The molecule has 0 saturated heterocycles. The fraction of sp³-hybridized carbons (Fsp3) is 0.312. The number of alkyl halides is 3. The molecule has 0 aromatic carbocycles. The van der Waals surface area contributed by atoms with E-state index >= 15 is 0 Å². The van der Waals surface area contributed by atoms with Gasteiger partial charge >= 0.3 is 6.18 Å². The highest BCUT2D eigenvalue weighted by molar-refractivity contribution is 7.92. The summed E-state index contributed by atoms with van der Waals surface area (Å²) in [5.41, 5.74) is -1.03. The highest BCUT2D eigenvalue weighted by Gasteiger charge is 2.33. The maximum Gasteiger partial charge on any atom is 0.433 e. The number of aromatic nitrogens is 4. The molecule has 3 aromatic heterocycles. The highest BCUT2D eigenvalue weighted by Crippen LogP contribution is 2.30. The van der Waals surface area contributed by atoms with Crippen LogP contribution in [0.1, 0.15) is 12.6 Å². The third-order valence-corrected chi connectivity index (χ3v) is 6.14. The van der Waals surface area contributed by atoms with E-state index in [2.05, 4.69) is 19.4 Å². The average Bonchev–Trinajstić information content (AvgIpc) is 3.02. The van der Waals surface area contributed by atoms with Gasteiger partial charge in [0.25, 0.3) is 0 Å². The largest absolute Gasteiger partial charge is 0.433 e. The topological polar surface area (TPSA) is 107 Å². The van der Waals surface area contributed by atoms with Crippen molar-refractivity contribution in [2.45, 2.75) is 18.0 Å². The zero-order valence-electron chi connectivity index (χ0n) is 15.5. The van der Waals surface area contributed by atoms with Crippen LogP contribution in [0.4, 0.5) is 18.9 Å². The summed E-state index contributed by atoms with van der Waals surface area (Å²) in [7, 11) is -6.36. The normalized spacial score (nSPS) is 13.0. The summed E-state index contributed by atoms with van der Waals surface area (Å²) in [5, 5.41) is 4.31. The Balaban J connectivity index is 2.23. The molecule has 3 aromatic rings. The molecular weight excluding hydrogens is 431 g/mol. The van der Waals surface area contributed by atoms with Gasteiger partial charge in [-0.1, -0.05) is 6.92 Å². The first kappa shape index (κ1) is 21.2. The lowest BCUT2D eigenvalue weighted by Crippen LogP contribution is -2.11. The summed E-state index contributed by atoms with van der Waals surface area (Å²) in [5.74, 6) is -0.353. The van der Waals surface area contributed by atoms with E-state index in [4.69, 9.17) is 0 Å². The summed E-state index contributed by atoms with van der Waals surface area (Å²) >= 11 is 0. The van der Waals surface area contributed by atoms with Crippen molar-refractivity contribution in [2.75, 3.05) is 18.3 Å². The minimum Gasteiger partial charge on any atom is -0.251 e. The Hall–Kier alpha value is -2.54. The molecule has 156 valence electrons. The standard InChI is InChI=1S/C16H16F3N5O3S2/c1-4-29(26,27)13-5-11(23-28(2,3)25)8-21-15(13)24-9-10-7-20-14(16(17,18)19)6-12(10)22-24/h5-9H,4H2,1-3H3. The zero-order chi connectivity index (χ0) is 21.6. The van der Waals surface area contributed by atoms with Crippen LogP contribution in [0, 0.1) is 0 Å². The molecule has 0 unspecified atom stereocenters. The number of hydrogen-bond acceptors (Lipinski definition) is 7. The molecule has 0 amide bonds. The molecule has 3 heterocycles. The Morgan fingerprint density at radius 1 is 1.10 bits per heavy atom. The molecule has 0 aliphatic carbocycles. The molecular formula is C16H16F3N5O3S2. The van der Waals surface area contributed by atoms with E-state index in [9.17, 15) is 25.8 Å². The van der Waals surface area contributed by atoms with Crippen LogP contribution in [0.15, 0.2) is 40.0 Å². The molecule has 8 nitrogen and oxygen atoms in total. The summed E-state index contributed by atoms with van der Waals surface area (Å²) < 4.78 is 80.7. The van der Waals surface area contributed by atoms with E-state index in [1.807, 2.05) is 0 Å². The number of hydrogen-bond donors (Lipinski definition) is 0. The second-order valence-corrected chi connectivity index (χ2v) is 11.2. The lowest BCUT2D eigenvalue weighted by atomic mass is 10.3. The predicted octanol–water partition coefficient (Wildman–Crippen LogP) is 2.99. The number of pyridine rings is 2. The maximum absolute atomic E-state index is 12.9. The van der Waals surface area contributed by atoms with Crippen LogP contribution in [0.25, 0.3) is 16.7 Å². The number of fused-ring (bicyclic) bond motifs is 1. The summed E-state index contributed by atoms with van der Waals surface area (Å²) in [6.07, 6.45) is 1.70. The quantitative estimate of drug-likeness (QED) is 0.609. The zero-order valence-corrected chi connectivity index (χ0v) is 17.1. The van der Waals surface area contributed by atoms with Gasteiger partial charge in [0.15, 0.2) is 15.7 Å². The van der Waals surface area contributed by atoms with E-state index in [-0.39, 0.29) is 33.1 Å². The second kappa shape index (κ2) is 7.06. The van der Waals surface area contributed by atoms with E-state index in [0.29, 0.717) is 0 Å². The van der Waals surface area contributed by atoms with Gasteiger partial charge in [-0.05, 0) is 12.1 Å². The fourth-order valence-electron chi connectivity index (χ4n) is 2.47. The van der Waals surface area contributed by atoms with Crippen LogP contribution < -0.4 is 0 Å². The Kier molecular flexibility index (Phi) is 5.15.